The molecule has 0 aromatic rings. The fourth-order valence-corrected chi connectivity index (χ4v) is 8.50. The molecule has 0 heterocycles. The summed E-state index contributed by atoms with van der Waals surface area (Å²) in [6, 6.07) is -0.266. The van der Waals surface area contributed by atoms with Gasteiger partial charge in [0.15, 0.2) is 0 Å². The molecule has 11 heteroatoms. The smallest absolute Gasteiger partial charge is 0.381 e. The topological polar surface area (TPSA) is 84.0 Å². The van der Waals surface area contributed by atoms with Crippen molar-refractivity contribution in [2.45, 2.75) is 78.1 Å². The molecule has 0 N–H and O–H groups in total. The van der Waals surface area contributed by atoms with Crippen LogP contribution in [0.5, 0.6) is 0 Å². The van der Waals surface area contributed by atoms with Crippen molar-refractivity contribution < 1.29 is 35.4 Å². The minimum atomic E-state index is -5.69. The Labute approximate surface area is 223 Å². The summed E-state index contributed by atoms with van der Waals surface area (Å²) in [5.41, 5.74) is -5.14. The van der Waals surface area contributed by atoms with Crippen LogP contribution in [0, 0.1) is 34.5 Å². The van der Waals surface area contributed by atoms with Crippen LogP contribution in [0.25, 0.3) is 0 Å². The van der Waals surface area contributed by atoms with E-state index in [1.54, 1.807) is 11.9 Å². The van der Waals surface area contributed by atoms with Crippen molar-refractivity contribution >= 4 is 22.1 Å². The second-order valence-corrected chi connectivity index (χ2v) is 13.3. The first-order valence-electron chi connectivity index (χ1n) is 13.6. The number of urea groups is 1. The second kappa shape index (κ2) is 9.86. The van der Waals surface area contributed by atoms with E-state index in [0.29, 0.717) is 31.3 Å². The molecule has 4 aliphatic carbocycles. The highest BCUT2D eigenvalue weighted by Gasteiger charge is 2.60. The highest BCUT2D eigenvalue weighted by Crippen LogP contribution is 2.66. The summed E-state index contributed by atoms with van der Waals surface area (Å²) < 4.78 is 66.0. The van der Waals surface area contributed by atoms with Gasteiger partial charge in [0.1, 0.15) is 5.76 Å². The Balaban J connectivity index is 1.54. The number of allylic oxidation sites excluding steroid dienone is 4. The largest absolute Gasteiger partial charge is 0.534 e. The number of halogens is 3. The van der Waals surface area contributed by atoms with Crippen molar-refractivity contribution in [3.05, 3.63) is 23.5 Å². The van der Waals surface area contributed by atoms with E-state index < -0.39 is 15.6 Å². The molecule has 6 atom stereocenters. The summed E-state index contributed by atoms with van der Waals surface area (Å²) in [5, 5.41) is 0. The maximum absolute atomic E-state index is 13.6. The van der Waals surface area contributed by atoms with Crippen LogP contribution in [-0.2, 0) is 19.1 Å². The molecule has 2 fully saturated rings. The summed E-state index contributed by atoms with van der Waals surface area (Å²) in [7, 11) is -4.11. The highest BCUT2D eigenvalue weighted by atomic mass is 32.2. The Morgan fingerprint density at radius 3 is 2.34 bits per heavy atom. The van der Waals surface area contributed by atoms with Gasteiger partial charge < -0.3 is 9.08 Å². The first-order valence-corrected chi connectivity index (χ1v) is 15.0. The third-order valence-corrected chi connectivity index (χ3v) is 11.2. The van der Waals surface area contributed by atoms with Crippen LogP contribution in [0.15, 0.2) is 23.5 Å². The summed E-state index contributed by atoms with van der Waals surface area (Å²) in [6.45, 7) is 9.18. The van der Waals surface area contributed by atoms with E-state index in [4.69, 9.17) is 0 Å². The predicted molar refractivity (Wildman–Crippen MR) is 136 cm³/mol. The second-order valence-electron chi connectivity index (χ2n) is 11.8. The molecule has 3 amide bonds. The summed E-state index contributed by atoms with van der Waals surface area (Å²) >= 11 is 0. The van der Waals surface area contributed by atoms with E-state index in [1.807, 2.05) is 19.9 Å². The lowest BCUT2D eigenvalue weighted by atomic mass is 9.48. The highest BCUT2D eigenvalue weighted by molar-refractivity contribution is 7.87. The first-order chi connectivity index (χ1) is 17.6. The van der Waals surface area contributed by atoms with Crippen molar-refractivity contribution in [1.29, 1.82) is 0 Å². The van der Waals surface area contributed by atoms with Crippen LogP contribution in [0.4, 0.5) is 18.0 Å². The van der Waals surface area contributed by atoms with Gasteiger partial charge in [-0.2, -0.15) is 21.6 Å². The Morgan fingerprint density at radius 2 is 1.74 bits per heavy atom. The zero-order valence-corrected chi connectivity index (χ0v) is 23.6. The summed E-state index contributed by atoms with van der Waals surface area (Å²) in [5.74, 6) is 0.388. The van der Waals surface area contributed by atoms with Crippen LogP contribution >= 0.6 is 0 Å². The van der Waals surface area contributed by atoms with E-state index in [1.165, 1.54) is 11.0 Å². The lowest BCUT2D eigenvalue weighted by Crippen LogP contribution is -2.52. The molecule has 0 spiro atoms. The van der Waals surface area contributed by atoms with Gasteiger partial charge in [-0.05, 0) is 92.6 Å². The molecule has 4 rings (SSSR count). The van der Waals surface area contributed by atoms with Gasteiger partial charge in [-0.15, -0.1) is 0 Å². The average Bonchev–Trinajstić information content (AvgIpc) is 3.20. The van der Waals surface area contributed by atoms with Crippen molar-refractivity contribution in [3.63, 3.8) is 0 Å². The predicted octanol–water partition coefficient (Wildman–Crippen LogP) is 5.85. The fourth-order valence-electron chi connectivity index (χ4n) is 7.99. The summed E-state index contributed by atoms with van der Waals surface area (Å²) in [6.07, 6.45) is 8.20. The van der Waals surface area contributed by atoms with Gasteiger partial charge in [0.05, 0.1) is 0 Å². The number of carbonyl (C=O) groups is 2. The Hall–Kier alpha value is -2.04. The third-order valence-electron chi connectivity index (χ3n) is 10.2. The van der Waals surface area contributed by atoms with Crippen LogP contribution in [0.3, 0.4) is 0 Å². The number of amides is 3. The van der Waals surface area contributed by atoms with Gasteiger partial charge in [0.2, 0.25) is 5.91 Å². The number of hydrogen-bond acceptors (Lipinski definition) is 5. The normalized spacial score (nSPS) is 34.7. The van der Waals surface area contributed by atoms with Crippen LogP contribution in [0.2, 0.25) is 0 Å². The maximum atomic E-state index is 13.6. The van der Waals surface area contributed by atoms with Gasteiger partial charge in [0.25, 0.3) is 0 Å². The molecule has 0 saturated heterocycles. The Kier molecular flexibility index (Phi) is 7.51. The number of fused-ring (bicyclic) bond motifs is 5. The van der Waals surface area contributed by atoms with Crippen molar-refractivity contribution in [3.8, 4) is 0 Å². The monoisotopic (exact) mass is 560 g/mol. The van der Waals surface area contributed by atoms with Gasteiger partial charge in [-0.3, -0.25) is 9.69 Å². The first kappa shape index (κ1) is 29.0. The number of hydrogen-bond donors (Lipinski definition) is 0. The molecule has 38 heavy (non-hydrogen) atoms. The standard InChI is InChI=1S/C27H39F3N2O5S/c1-6-32(7-2)24(34)31(5)23(33)22-11-10-20-19-9-8-17-16-18(37-38(35,36)27(28,29)30)12-14-25(17,3)21(19)13-15-26(20,22)4/h8,16,19-22H,6-7,9-15H2,1-5H3/t19-,20-,21-,22+,25-,26-/m0/s1. The number of nitrogens with zero attached hydrogens (tertiary/aromatic N) is 2. The number of rotatable bonds is 5. The van der Waals surface area contributed by atoms with Crippen LogP contribution in [-0.4, -0.2) is 55.8 Å². The van der Waals surface area contributed by atoms with E-state index in [-0.39, 0.29) is 46.8 Å². The molecule has 4 aliphatic rings. The average molecular weight is 561 g/mol. The SMILES string of the molecule is CCN(CC)C(=O)N(C)C(=O)[C@H]1CC[C@H]2[C@@H]3CC=C4C=C(OS(=O)(=O)C(F)(F)F)CC[C@]4(C)[C@H]3CC[C@]12C. The minimum absolute atomic E-state index is 0.114. The van der Waals surface area contributed by atoms with Crippen molar-refractivity contribution in [2.24, 2.45) is 34.5 Å². The maximum Gasteiger partial charge on any atom is 0.534 e. The van der Waals surface area contributed by atoms with Crippen LogP contribution < -0.4 is 0 Å². The van der Waals surface area contributed by atoms with Gasteiger partial charge >= 0.3 is 21.7 Å². The van der Waals surface area contributed by atoms with Crippen LogP contribution in [0.1, 0.15) is 72.6 Å². The van der Waals surface area contributed by atoms with Gasteiger partial charge in [0, 0.05) is 32.5 Å². The number of alkyl halides is 3. The van der Waals surface area contributed by atoms with E-state index in [0.717, 1.165) is 37.7 Å². The Bertz CT molecular complexity index is 1150. The number of imide groups is 1. The minimum Gasteiger partial charge on any atom is -0.381 e. The quantitative estimate of drug-likeness (QED) is 0.311. The molecular formula is C27H39F3N2O5S. The summed E-state index contributed by atoms with van der Waals surface area (Å²) in [4.78, 5) is 29.4. The molecular weight excluding hydrogens is 521 g/mol. The van der Waals surface area contributed by atoms with E-state index in [2.05, 4.69) is 18.0 Å². The molecule has 7 nitrogen and oxygen atoms in total. The molecule has 0 aliphatic heterocycles. The molecule has 0 aromatic heterocycles. The zero-order chi connectivity index (χ0) is 28.3. The Morgan fingerprint density at radius 1 is 1.08 bits per heavy atom. The zero-order valence-electron chi connectivity index (χ0n) is 22.8. The lowest BCUT2D eigenvalue weighted by molar-refractivity contribution is -0.138. The molecule has 2 saturated carbocycles. The molecule has 0 aromatic carbocycles. The van der Waals surface area contributed by atoms with Gasteiger partial charge in [-0.1, -0.05) is 19.9 Å². The van der Waals surface area contributed by atoms with Crippen molar-refractivity contribution in [1.82, 2.24) is 9.80 Å². The molecule has 0 unspecified atom stereocenters. The number of carbonyl (C=O) groups excluding carboxylic acids is 2. The molecule has 0 bridgehead atoms. The fraction of sp³-hybridized carbons (Fsp3) is 0.778. The van der Waals surface area contributed by atoms with E-state index >= 15 is 0 Å². The van der Waals surface area contributed by atoms with Gasteiger partial charge in [-0.25, -0.2) is 4.79 Å². The van der Waals surface area contributed by atoms with E-state index in [9.17, 15) is 31.2 Å². The van der Waals surface area contributed by atoms with Crippen molar-refractivity contribution in [2.75, 3.05) is 20.1 Å². The molecule has 214 valence electrons. The third kappa shape index (κ3) is 4.56. The molecule has 0 radical (unpaired) electrons. The lowest BCUT2D eigenvalue weighted by Gasteiger charge is -2.57.